The Kier molecular flexibility index (Phi) is 4.49. The average molecular weight is 306 g/mol. The van der Waals surface area contributed by atoms with Crippen molar-refractivity contribution in [3.8, 4) is 0 Å². The fraction of sp³-hybridized carbons (Fsp3) is 0.750. The van der Waals surface area contributed by atoms with Gasteiger partial charge < -0.3 is 14.5 Å². The van der Waals surface area contributed by atoms with Gasteiger partial charge in [0.1, 0.15) is 5.69 Å². The maximum absolute atomic E-state index is 12.7. The molecule has 122 valence electrons. The first-order valence-corrected chi connectivity index (χ1v) is 8.12. The zero-order chi connectivity index (χ0) is 15.6. The van der Waals surface area contributed by atoms with Crippen LogP contribution in [0.2, 0.25) is 0 Å². The van der Waals surface area contributed by atoms with E-state index in [4.69, 9.17) is 4.74 Å². The summed E-state index contributed by atoms with van der Waals surface area (Å²) >= 11 is 0. The van der Waals surface area contributed by atoms with Gasteiger partial charge in [0.15, 0.2) is 0 Å². The molecular weight excluding hydrogens is 280 g/mol. The number of hydrogen-bond acceptors (Lipinski definition) is 4. The molecule has 2 aliphatic rings. The highest BCUT2D eigenvalue weighted by atomic mass is 16.5. The molecule has 0 bridgehead atoms. The lowest BCUT2D eigenvalue weighted by atomic mass is 9.79. The quantitative estimate of drug-likeness (QED) is 0.835. The van der Waals surface area contributed by atoms with Crippen molar-refractivity contribution >= 4 is 5.91 Å². The monoisotopic (exact) mass is 306 g/mol. The van der Waals surface area contributed by atoms with Crippen LogP contribution in [-0.4, -0.2) is 72.4 Å². The summed E-state index contributed by atoms with van der Waals surface area (Å²) in [5, 5.41) is 4.39. The molecule has 0 radical (unpaired) electrons. The Morgan fingerprint density at radius 3 is 2.95 bits per heavy atom. The van der Waals surface area contributed by atoms with Gasteiger partial charge in [0.05, 0.1) is 13.2 Å². The fourth-order valence-electron chi connectivity index (χ4n) is 3.82. The number of piperidine rings is 1. The maximum atomic E-state index is 12.7. The number of carbonyl (C=O) groups is 1. The first-order chi connectivity index (χ1) is 10.6. The Labute approximate surface area is 132 Å². The topological polar surface area (TPSA) is 50.6 Å². The largest absolute Gasteiger partial charge is 0.383 e. The number of hydrogen-bond donors (Lipinski definition) is 0. The molecule has 2 aliphatic heterocycles. The van der Waals surface area contributed by atoms with E-state index in [-0.39, 0.29) is 5.91 Å². The number of amides is 1. The van der Waals surface area contributed by atoms with Gasteiger partial charge in [-0.3, -0.25) is 9.48 Å². The number of methoxy groups -OCH3 is 1. The number of rotatable bonds is 4. The van der Waals surface area contributed by atoms with Crippen LogP contribution < -0.4 is 0 Å². The van der Waals surface area contributed by atoms with Crippen molar-refractivity contribution in [2.45, 2.75) is 25.8 Å². The average Bonchev–Trinajstić information content (AvgIpc) is 3.12. The first kappa shape index (κ1) is 15.5. The summed E-state index contributed by atoms with van der Waals surface area (Å²) in [6, 6.07) is 1.82. The van der Waals surface area contributed by atoms with Gasteiger partial charge in [-0.2, -0.15) is 5.10 Å². The van der Waals surface area contributed by atoms with Gasteiger partial charge in [-0.25, -0.2) is 0 Å². The van der Waals surface area contributed by atoms with Crippen molar-refractivity contribution < 1.29 is 9.53 Å². The summed E-state index contributed by atoms with van der Waals surface area (Å²) in [5.74, 6) is 0.0739. The molecule has 3 rings (SSSR count). The van der Waals surface area contributed by atoms with Crippen LogP contribution >= 0.6 is 0 Å². The normalized spacial score (nSPS) is 26.0. The van der Waals surface area contributed by atoms with Gasteiger partial charge in [-0.15, -0.1) is 0 Å². The highest BCUT2D eigenvalue weighted by molar-refractivity contribution is 5.92. The zero-order valence-electron chi connectivity index (χ0n) is 13.6. The van der Waals surface area contributed by atoms with Gasteiger partial charge in [0, 0.05) is 38.4 Å². The van der Waals surface area contributed by atoms with Crippen LogP contribution in [0.25, 0.3) is 0 Å². The van der Waals surface area contributed by atoms with Crippen molar-refractivity contribution in [1.82, 2.24) is 19.6 Å². The minimum absolute atomic E-state index is 0.0739. The third-order valence-electron chi connectivity index (χ3n) is 4.96. The van der Waals surface area contributed by atoms with Crippen LogP contribution in [0, 0.1) is 5.41 Å². The van der Waals surface area contributed by atoms with E-state index in [0.29, 0.717) is 24.3 Å². The second kappa shape index (κ2) is 6.38. The Morgan fingerprint density at radius 1 is 1.36 bits per heavy atom. The number of likely N-dealkylation sites (tertiary alicyclic amines) is 2. The van der Waals surface area contributed by atoms with E-state index in [0.717, 1.165) is 32.6 Å². The predicted molar refractivity (Wildman–Crippen MR) is 83.8 cm³/mol. The Morgan fingerprint density at radius 2 is 2.23 bits per heavy atom. The van der Waals surface area contributed by atoms with Crippen molar-refractivity contribution in [3.63, 3.8) is 0 Å². The SMILES string of the molecule is COCCn1ccc(C(=O)N2CCCC3(CCN(C)C3)C2)n1. The van der Waals surface area contributed by atoms with E-state index in [9.17, 15) is 4.79 Å². The Balaban J connectivity index is 1.65. The van der Waals surface area contributed by atoms with Crippen molar-refractivity contribution in [1.29, 1.82) is 0 Å². The standard InChI is InChI=1S/C16H26N4O2/c1-18-9-6-16(12-18)5-3-7-19(13-16)15(21)14-4-8-20(17-14)10-11-22-2/h4,8H,3,5-7,9-13H2,1-2H3. The van der Waals surface area contributed by atoms with E-state index < -0.39 is 0 Å². The predicted octanol–water partition coefficient (Wildman–Crippen LogP) is 1.09. The first-order valence-electron chi connectivity index (χ1n) is 8.12. The Hall–Kier alpha value is -1.40. The lowest BCUT2D eigenvalue weighted by Crippen LogP contribution is -2.47. The highest BCUT2D eigenvalue weighted by Crippen LogP contribution is 2.38. The van der Waals surface area contributed by atoms with Crippen LogP contribution in [-0.2, 0) is 11.3 Å². The van der Waals surface area contributed by atoms with Crippen molar-refractivity contribution in [2.75, 3.05) is 46.9 Å². The molecular formula is C16H26N4O2. The van der Waals surface area contributed by atoms with Gasteiger partial charge in [0.25, 0.3) is 5.91 Å². The fourth-order valence-corrected chi connectivity index (χ4v) is 3.82. The molecule has 1 unspecified atom stereocenters. The zero-order valence-corrected chi connectivity index (χ0v) is 13.6. The molecule has 6 nitrogen and oxygen atoms in total. The van der Waals surface area contributed by atoms with E-state index >= 15 is 0 Å². The number of aromatic nitrogens is 2. The number of ether oxygens (including phenoxy) is 1. The molecule has 6 heteroatoms. The third-order valence-corrected chi connectivity index (χ3v) is 4.96. The molecule has 0 aliphatic carbocycles. The summed E-state index contributed by atoms with van der Waals surface area (Å²) in [6.07, 6.45) is 5.40. The lowest BCUT2D eigenvalue weighted by Gasteiger charge is -2.40. The van der Waals surface area contributed by atoms with Crippen molar-refractivity contribution in [3.05, 3.63) is 18.0 Å². The van der Waals surface area contributed by atoms with Crippen LogP contribution in [0.3, 0.4) is 0 Å². The molecule has 1 amide bonds. The highest BCUT2D eigenvalue weighted by Gasteiger charge is 2.41. The van der Waals surface area contributed by atoms with Crippen LogP contribution in [0.4, 0.5) is 0 Å². The summed E-state index contributed by atoms with van der Waals surface area (Å²) in [5.41, 5.74) is 0.862. The van der Waals surface area contributed by atoms with E-state index in [1.54, 1.807) is 11.8 Å². The van der Waals surface area contributed by atoms with Crippen LogP contribution in [0.1, 0.15) is 29.8 Å². The summed E-state index contributed by atoms with van der Waals surface area (Å²) in [4.78, 5) is 17.1. The molecule has 0 aromatic carbocycles. The maximum Gasteiger partial charge on any atom is 0.274 e. The van der Waals surface area contributed by atoms with Gasteiger partial charge in [-0.1, -0.05) is 0 Å². The molecule has 2 saturated heterocycles. The van der Waals surface area contributed by atoms with Crippen LogP contribution in [0.5, 0.6) is 0 Å². The third kappa shape index (κ3) is 3.17. The van der Waals surface area contributed by atoms with Crippen LogP contribution in [0.15, 0.2) is 12.3 Å². The Bertz CT molecular complexity index is 526. The molecule has 1 aromatic rings. The van der Waals surface area contributed by atoms with Crippen molar-refractivity contribution in [2.24, 2.45) is 5.41 Å². The molecule has 22 heavy (non-hydrogen) atoms. The lowest BCUT2D eigenvalue weighted by molar-refractivity contribution is 0.0528. The molecule has 0 saturated carbocycles. The van der Waals surface area contributed by atoms with E-state index in [2.05, 4.69) is 17.0 Å². The van der Waals surface area contributed by atoms with E-state index in [1.807, 2.05) is 17.2 Å². The second-order valence-electron chi connectivity index (χ2n) is 6.77. The molecule has 0 N–H and O–H groups in total. The molecule has 1 atom stereocenters. The number of nitrogens with zero attached hydrogens (tertiary/aromatic N) is 4. The molecule has 1 spiro atoms. The summed E-state index contributed by atoms with van der Waals surface area (Å²) in [6.45, 7) is 5.27. The van der Waals surface area contributed by atoms with Gasteiger partial charge in [-0.05, 0) is 38.9 Å². The van der Waals surface area contributed by atoms with E-state index in [1.165, 1.54) is 12.8 Å². The molecule has 1 aromatic heterocycles. The van der Waals surface area contributed by atoms with Gasteiger partial charge >= 0.3 is 0 Å². The van der Waals surface area contributed by atoms with Gasteiger partial charge in [0.2, 0.25) is 0 Å². The number of carbonyl (C=O) groups excluding carboxylic acids is 1. The summed E-state index contributed by atoms with van der Waals surface area (Å²) < 4.78 is 6.82. The minimum atomic E-state index is 0.0739. The second-order valence-corrected chi connectivity index (χ2v) is 6.77. The minimum Gasteiger partial charge on any atom is -0.383 e. The molecule has 2 fully saturated rings. The smallest absolute Gasteiger partial charge is 0.274 e. The molecule has 3 heterocycles. The summed E-state index contributed by atoms with van der Waals surface area (Å²) in [7, 11) is 3.84.